The highest BCUT2D eigenvalue weighted by molar-refractivity contribution is 9.11. The van der Waals surface area contributed by atoms with Crippen LogP contribution in [0.4, 0.5) is 0 Å². The van der Waals surface area contributed by atoms with Crippen LogP contribution < -0.4 is 5.32 Å². The second-order valence-electron chi connectivity index (χ2n) is 3.10. The Bertz CT molecular complexity index is 264. The van der Waals surface area contributed by atoms with E-state index in [4.69, 9.17) is 4.74 Å². The molecule has 1 aromatic rings. The van der Waals surface area contributed by atoms with Crippen molar-refractivity contribution in [3.05, 3.63) is 20.8 Å². The zero-order chi connectivity index (χ0) is 10.4. The van der Waals surface area contributed by atoms with Gasteiger partial charge in [-0.15, -0.1) is 11.3 Å². The monoisotopic (exact) mass is 277 g/mol. The maximum absolute atomic E-state index is 5.42. The van der Waals surface area contributed by atoms with Gasteiger partial charge >= 0.3 is 0 Å². The zero-order valence-electron chi connectivity index (χ0n) is 8.55. The van der Waals surface area contributed by atoms with Gasteiger partial charge in [-0.2, -0.15) is 0 Å². The fourth-order valence-corrected chi connectivity index (χ4v) is 2.64. The van der Waals surface area contributed by atoms with Crippen LogP contribution in [0.5, 0.6) is 0 Å². The van der Waals surface area contributed by atoms with Gasteiger partial charge in [0.05, 0.1) is 9.89 Å². The minimum Gasteiger partial charge on any atom is -0.377 e. The summed E-state index contributed by atoms with van der Waals surface area (Å²) < 4.78 is 6.60. The predicted molar refractivity (Wildman–Crippen MR) is 64.8 cm³/mol. The molecule has 4 heteroatoms. The van der Waals surface area contributed by atoms with Gasteiger partial charge in [-0.1, -0.05) is 0 Å². The van der Waals surface area contributed by atoms with Gasteiger partial charge in [0.1, 0.15) is 0 Å². The van der Waals surface area contributed by atoms with E-state index < -0.39 is 0 Å². The van der Waals surface area contributed by atoms with Crippen molar-refractivity contribution in [2.45, 2.75) is 26.5 Å². The summed E-state index contributed by atoms with van der Waals surface area (Å²) in [5.41, 5.74) is 0. The highest BCUT2D eigenvalue weighted by Gasteiger charge is 2.01. The van der Waals surface area contributed by atoms with Gasteiger partial charge in [0.15, 0.2) is 0 Å². The number of nitrogens with one attached hydrogen (secondary N) is 1. The van der Waals surface area contributed by atoms with Crippen molar-refractivity contribution >= 4 is 27.3 Å². The van der Waals surface area contributed by atoms with Crippen molar-refractivity contribution in [3.63, 3.8) is 0 Å². The summed E-state index contributed by atoms with van der Waals surface area (Å²) in [7, 11) is 0. The lowest BCUT2D eigenvalue weighted by Crippen LogP contribution is -2.26. The first kappa shape index (κ1) is 12.2. The average molecular weight is 278 g/mol. The molecule has 80 valence electrons. The smallest absolute Gasteiger partial charge is 0.0701 e. The maximum Gasteiger partial charge on any atom is 0.0701 e. The van der Waals surface area contributed by atoms with Gasteiger partial charge in [0.25, 0.3) is 0 Å². The van der Waals surface area contributed by atoms with E-state index in [1.54, 1.807) is 11.3 Å². The van der Waals surface area contributed by atoms with Crippen LogP contribution in [0.3, 0.4) is 0 Å². The van der Waals surface area contributed by atoms with Crippen LogP contribution in [0.15, 0.2) is 15.9 Å². The first-order valence-corrected chi connectivity index (χ1v) is 6.40. The normalized spacial score (nSPS) is 13.1. The van der Waals surface area contributed by atoms with Crippen LogP contribution in [0, 0.1) is 0 Å². The van der Waals surface area contributed by atoms with Crippen molar-refractivity contribution in [2.75, 3.05) is 13.2 Å². The van der Waals surface area contributed by atoms with Crippen LogP contribution in [-0.2, 0) is 11.3 Å². The summed E-state index contributed by atoms with van der Waals surface area (Å²) in [5.74, 6) is 0. The van der Waals surface area contributed by atoms with Crippen LogP contribution in [-0.4, -0.2) is 19.3 Å². The van der Waals surface area contributed by atoms with E-state index in [0.29, 0.717) is 6.10 Å². The summed E-state index contributed by atoms with van der Waals surface area (Å²) in [6.07, 6.45) is 0.295. The molecular formula is C10H16BrNOS. The van der Waals surface area contributed by atoms with E-state index in [1.165, 1.54) is 8.66 Å². The van der Waals surface area contributed by atoms with Gasteiger partial charge in [-0.25, -0.2) is 0 Å². The first-order valence-electron chi connectivity index (χ1n) is 4.79. The molecule has 1 heterocycles. The maximum atomic E-state index is 5.42. The van der Waals surface area contributed by atoms with E-state index in [2.05, 4.69) is 40.3 Å². The van der Waals surface area contributed by atoms with E-state index in [1.807, 2.05) is 6.92 Å². The molecule has 0 saturated carbocycles. The number of halogens is 1. The molecule has 0 aliphatic heterocycles. The fourth-order valence-electron chi connectivity index (χ4n) is 1.19. The lowest BCUT2D eigenvalue weighted by molar-refractivity contribution is 0.0760. The molecule has 1 atom stereocenters. The molecule has 0 saturated heterocycles. The molecule has 0 spiro atoms. The SMILES string of the molecule is CCOC(C)CNCc1ccc(Br)s1. The molecule has 0 fully saturated rings. The Morgan fingerprint density at radius 2 is 2.36 bits per heavy atom. The highest BCUT2D eigenvalue weighted by Crippen LogP contribution is 2.21. The molecule has 2 nitrogen and oxygen atoms in total. The van der Waals surface area contributed by atoms with Gasteiger partial charge in [0, 0.05) is 24.6 Å². The van der Waals surface area contributed by atoms with Crippen molar-refractivity contribution in [1.29, 1.82) is 0 Å². The average Bonchev–Trinajstić information content (AvgIpc) is 2.52. The van der Waals surface area contributed by atoms with Crippen molar-refractivity contribution in [1.82, 2.24) is 5.32 Å². The summed E-state index contributed by atoms with van der Waals surface area (Å²) >= 11 is 5.21. The summed E-state index contributed by atoms with van der Waals surface area (Å²) in [5, 5.41) is 3.36. The highest BCUT2D eigenvalue weighted by atomic mass is 79.9. The van der Waals surface area contributed by atoms with Crippen molar-refractivity contribution < 1.29 is 4.74 Å². The Balaban J connectivity index is 2.15. The molecule has 0 amide bonds. The lowest BCUT2D eigenvalue weighted by atomic mass is 10.4. The molecule has 0 aliphatic carbocycles. The Morgan fingerprint density at radius 3 is 2.93 bits per heavy atom. The third-order valence-electron chi connectivity index (χ3n) is 1.81. The Kier molecular flexibility index (Phi) is 5.70. The number of ether oxygens (including phenoxy) is 1. The molecule has 1 N–H and O–H groups in total. The van der Waals surface area contributed by atoms with Crippen molar-refractivity contribution in [2.24, 2.45) is 0 Å². The minimum absolute atomic E-state index is 0.295. The van der Waals surface area contributed by atoms with Gasteiger partial charge in [-0.05, 0) is 41.9 Å². The molecule has 0 aromatic carbocycles. The Labute approximate surface area is 97.8 Å². The van der Waals surface area contributed by atoms with Gasteiger partial charge in [0.2, 0.25) is 0 Å². The Hall–Kier alpha value is 0.1000. The number of hydrogen-bond acceptors (Lipinski definition) is 3. The topological polar surface area (TPSA) is 21.3 Å². The standard InChI is InChI=1S/C10H16BrNOS/c1-3-13-8(2)6-12-7-9-4-5-10(11)14-9/h4-5,8,12H,3,6-7H2,1-2H3. The third kappa shape index (κ3) is 4.55. The molecule has 1 unspecified atom stereocenters. The number of rotatable bonds is 6. The first-order chi connectivity index (χ1) is 6.72. The van der Waals surface area contributed by atoms with Crippen LogP contribution in [0.25, 0.3) is 0 Å². The fraction of sp³-hybridized carbons (Fsp3) is 0.600. The van der Waals surface area contributed by atoms with Crippen LogP contribution in [0.2, 0.25) is 0 Å². The van der Waals surface area contributed by atoms with E-state index in [0.717, 1.165) is 19.7 Å². The largest absolute Gasteiger partial charge is 0.377 e. The molecular weight excluding hydrogens is 262 g/mol. The second-order valence-corrected chi connectivity index (χ2v) is 5.65. The molecule has 0 aliphatic rings. The molecule has 0 bridgehead atoms. The zero-order valence-corrected chi connectivity index (χ0v) is 11.0. The molecule has 1 aromatic heterocycles. The van der Waals surface area contributed by atoms with Gasteiger partial charge in [-0.3, -0.25) is 0 Å². The van der Waals surface area contributed by atoms with E-state index >= 15 is 0 Å². The molecule has 1 rings (SSSR count). The Morgan fingerprint density at radius 1 is 1.57 bits per heavy atom. The third-order valence-corrected chi connectivity index (χ3v) is 3.43. The molecule has 14 heavy (non-hydrogen) atoms. The lowest BCUT2D eigenvalue weighted by Gasteiger charge is -2.11. The van der Waals surface area contributed by atoms with Crippen LogP contribution in [0.1, 0.15) is 18.7 Å². The second kappa shape index (κ2) is 6.56. The number of thiophene rings is 1. The quantitative estimate of drug-likeness (QED) is 0.863. The summed E-state index contributed by atoms with van der Waals surface area (Å²) in [6.45, 7) is 6.72. The summed E-state index contributed by atoms with van der Waals surface area (Å²) in [6, 6.07) is 4.21. The predicted octanol–water partition coefficient (Wildman–Crippen LogP) is 3.03. The number of hydrogen-bond donors (Lipinski definition) is 1. The van der Waals surface area contributed by atoms with Gasteiger partial charge < -0.3 is 10.1 Å². The van der Waals surface area contributed by atoms with E-state index in [-0.39, 0.29) is 0 Å². The molecule has 0 radical (unpaired) electrons. The van der Waals surface area contributed by atoms with E-state index in [9.17, 15) is 0 Å². The van der Waals surface area contributed by atoms with Crippen LogP contribution >= 0.6 is 27.3 Å². The van der Waals surface area contributed by atoms with Crippen molar-refractivity contribution in [3.8, 4) is 0 Å². The minimum atomic E-state index is 0.295. The summed E-state index contributed by atoms with van der Waals surface area (Å²) in [4.78, 5) is 1.35.